The van der Waals surface area contributed by atoms with Gasteiger partial charge in [0.05, 0.1) is 34.9 Å². The second-order valence-electron chi connectivity index (χ2n) is 6.15. The summed E-state index contributed by atoms with van der Waals surface area (Å²) in [4.78, 5) is 59.9. The largest absolute Gasteiger partial charge is 0.478 e. The van der Waals surface area contributed by atoms with Crippen molar-refractivity contribution in [3.63, 3.8) is 0 Å². The molecule has 0 bridgehead atoms. The highest BCUT2D eigenvalue weighted by molar-refractivity contribution is 6.17. The number of rotatable bonds is 7. The number of esters is 1. The molecular weight excluding hydrogens is 396 g/mol. The van der Waals surface area contributed by atoms with Gasteiger partial charge >= 0.3 is 17.9 Å². The quantitative estimate of drug-likeness (QED) is 0.488. The maximum atomic E-state index is 12.0. The van der Waals surface area contributed by atoms with Crippen LogP contribution in [0.3, 0.4) is 0 Å². The number of ether oxygens (including phenoxy) is 1. The Balaban J connectivity index is 3.20. The van der Waals surface area contributed by atoms with E-state index < -0.39 is 57.5 Å². The van der Waals surface area contributed by atoms with Gasteiger partial charge in [0.15, 0.2) is 0 Å². The van der Waals surface area contributed by atoms with Crippen LogP contribution < -0.4 is 11.5 Å². The van der Waals surface area contributed by atoms with Gasteiger partial charge in [0.1, 0.15) is 0 Å². The van der Waals surface area contributed by atoms with E-state index >= 15 is 0 Å². The number of aromatic carboxylic acids is 2. The predicted octanol–water partition coefficient (Wildman–Crippen LogP) is 1.30. The van der Waals surface area contributed by atoms with Crippen molar-refractivity contribution in [2.45, 2.75) is 13.3 Å². The number of nitrogens with two attached hydrogens (primary N) is 2. The molecule has 10 heteroatoms. The Labute approximate surface area is 170 Å². The van der Waals surface area contributed by atoms with Gasteiger partial charge in [-0.2, -0.15) is 0 Å². The predicted molar refractivity (Wildman–Crippen MR) is 104 cm³/mol. The van der Waals surface area contributed by atoms with Crippen LogP contribution in [0.5, 0.6) is 0 Å². The maximum absolute atomic E-state index is 12.0. The number of amides is 2. The number of carbonyl (C=O) groups is 5. The van der Waals surface area contributed by atoms with Crippen LogP contribution in [0.15, 0.2) is 24.3 Å². The van der Waals surface area contributed by atoms with Crippen molar-refractivity contribution < 1.29 is 38.9 Å². The molecule has 30 heavy (non-hydrogen) atoms. The van der Waals surface area contributed by atoms with Crippen LogP contribution in [-0.4, -0.2) is 47.0 Å². The first kappa shape index (κ1) is 22.1. The molecule has 0 aliphatic heterocycles. The molecule has 0 fully saturated rings. The van der Waals surface area contributed by atoms with E-state index in [-0.39, 0.29) is 11.1 Å². The Hall–Kier alpha value is -4.21. The molecule has 0 heterocycles. The van der Waals surface area contributed by atoms with E-state index in [1.54, 1.807) is 6.92 Å². The summed E-state index contributed by atoms with van der Waals surface area (Å²) in [7, 11) is 1.14. The van der Waals surface area contributed by atoms with Crippen LogP contribution in [-0.2, 0) is 11.2 Å². The van der Waals surface area contributed by atoms with Gasteiger partial charge in [-0.15, -0.1) is 0 Å². The minimum absolute atomic E-state index is 0.00230. The van der Waals surface area contributed by atoms with E-state index in [0.29, 0.717) is 12.0 Å². The Kier molecular flexibility index (Phi) is 6.21. The van der Waals surface area contributed by atoms with Gasteiger partial charge in [0.2, 0.25) is 11.8 Å². The second kappa shape index (κ2) is 8.43. The van der Waals surface area contributed by atoms with Gasteiger partial charge in [0.25, 0.3) is 0 Å². The number of carboxylic acid groups (broad SMARTS) is 2. The molecule has 0 atom stereocenters. The lowest BCUT2D eigenvalue weighted by molar-refractivity contribution is 0.0599. The van der Waals surface area contributed by atoms with Crippen LogP contribution in [0, 0.1) is 0 Å². The molecule has 0 aliphatic rings. The molecule has 0 spiro atoms. The van der Waals surface area contributed by atoms with E-state index in [4.69, 9.17) is 11.5 Å². The number of methoxy groups -OCH3 is 1. The number of aryl methyl sites for hydroxylation is 1. The zero-order valence-corrected chi connectivity index (χ0v) is 16.0. The highest BCUT2D eigenvalue weighted by atomic mass is 16.5. The zero-order valence-electron chi connectivity index (χ0n) is 16.0. The van der Waals surface area contributed by atoms with Crippen molar-refractivity contribution in [3.8, 4) is 11.1 Å². The third-order valence-electron chi connectivity index (χ3n) is 4.47. The van der Waals surface area contributed by atoms with Crippen LogP contribution in [0.25, 0.3) is 11.1 Å². The lowest BCUT2D eigenvalue weighted by Gasteiger charge is -2.19. The molecular formula is C20H18N2O8. The summed E-state index contributed by atoms with van der Waals surface area (Å²) in [6.07, 6.45) is 0.307. The topological polar surface area (TPSA) is 187 Å². The first-order valence-electron chi connectivity index (χ1n) is 8.53. The van der Waals surface area contributed by atoms with Crippen molar-refractivity contribution in [1.82, 2.24) is 0 Å². The summed E-state index contributed by atoms with van der Waals surface area (Å²) in [6.45, 7) is 1.71. The Morgan fingerprint density at radius 2 is 1.40 bits per heavy atom. The highest BCUT2D eigenvalue weighted by Crippen LogP contribution is 2.36. The Morgan fingerprint density at radius 3 is 1.77 bits per heavy atom. The van der Waals surface area contributed by atoms with E-state index in [1.165, 1.54) is 18.2 Å². The fraction of sp³-hybridized carbons (Fsp3) is 0.150. The number of carboxylic acids is 2. The number of carbonyl (C=O) groups excluding carboxylic acids is 3. The average Bonchev–Trinajstić information content (AvgIpc) is 2.70. The van der Waals surface area contributed by atoms with Crippen molar-refractivity contribution in [2.75, 3.05) is 7.11 Å². The molecule has 156 valence electrons. The van der Waals surface area contributed by atoms with Gasteiger partial charge in [-0.05, 0) is 35.7 Å². The van der Waals surface area contributed by atoms with Gasteiger partial charge in [0, 0.05) is 5.56 Å². The number of hydrogen-bond acceptors (Lipinski definition) is 6. The van der Waals surface area contributed by atoms with E-state index in [1.807, 2.05) is 0 Å². The summed E-state index contributed by atoms with van der Waals surface area (Å²) in [5, 5.41) is 19.5. The van der Waals surface area contributed by atoms with E-state index in [2.05, 4.69) is 4.74 Å². The molecule has 10 nitrogen and oxygen atoms in total. The SMILES string of the molecule is CCc1ccc(C(=O)OC)cc1-c1c(C(=O)O)c(C(N)=O)cc(C(N)=O)c1C(=O)O. The summed E-state index contributed by atoms with van der Waals surface area (Å²) < 4.78 is 4.66. The monoisotopic (exact) mass is 414 g/mol. The van der Waals surface area contributed by atoms with Gasteiger partial charge in [-0.1, -0.05) is 13.0 Å². The van der Waals surface area contributed by atoms with Crippen molar-refractivity contribution in [1.29, 1.82) is 0 Å². The zero-order chi connectivity index (χ0) is 22.7. The third kappa shape index (κ3) is 3.83. The molecule has 2 aromatic rings. The van der Waals surface area contributed by atoms with Crippen molar-refractivity contribution >= 4 is 29.7 Å². The Morgan fingerprint density at radius 1 is 0.900 bits per heavy atom. The van der Waals surface area contributed by atoms with E-state index in [0.717, 1.165) is 13.2 Å². The molecule has 6 N–H and O–H groups in total. The molecule has 0 radical (unpaired) electrons. The molecule has 0 unspecified atom stereocenters. The van der Waals surface area contributed by atoms with Crippen LogP contribution in [0.4, 0.5) is 0 Å². The van der Waals surface area contributed by atoms with Crippen LogP contribution in [0.2, 0.25) is 0 Å². The summed E-state index contributed by atoms with van der Waals surface area (Å²) in [5.41, 5.74) is 7.96. The molecule has 0 saturated heterocycles. The summed E-state index contributed by atoms with van der Waals surface area (Å²) in [6, 6.07) is 4.88. The van der Waals surface area contributed by atoms with Gasteiger partial charge in [-0.25, -0.2) is 14.4 Å². The molecule has 0 saturated carbocycles. The average molecular weight is 414 g/mol. The lowest BCUT2D eigenvalue weighted by atomic mass is 9.84. The fourth-order valence-corrected chi connectivity index (χ4v) is 3.15. The smallest absolute Gasteiger partial charge is 0.337 e. The standard InChI is InChI=1S/C20H18N2O8/c1-3-8-4-5-9(20(29)30-2)6-10(8)13-14(18(25)26)11(16(21)23)7-12(17(22)24)15(13)19(27)28/h4-7H,3H2,1-2H3,(H2,21,23)(H2,22,24)(H,25,26)(H,27,28). The minimum Gasteiger partial charge on any atom is -0.478 e. The fourth-order valence-electron chi connectivity index (χ4n) is 3.15. The molecule has 2 amide bonds. The van der Waals surface area contributed by atoms with Gasteiger partial charge < -0.3 is 26.4 Å². The number of hydrogen-bond donors (Lipinski definition) is 4. The first-order valence-corrected chi connectivity index (χ1v) is 8.53. The second-order valence-corrected chi connectivity index (χ2v) is 6.15. The maximum Gasteiger partial charge on any atom is 0.337 e. The number of benzene rings is 2. The molecule has 0 aromatic heterocycles. The van der Waals surface area contributed by atoms with Crippen LogP contribution >= 0.6 is 0 Å². The highest BCUT2D eigenvalue weighted by Gasteiger charge is 2.31. The summed E-state index contributed by atoms with van der Waals surface area (Å²) >= 11 is 0. The van der Waals surface area contributed by atoms with E-state index in [9.17, 15) is 34.2 Å². The lowest BCUT2D eigenvalue weighted by Crippen LogP contribution is -2.24. The minimum atomic E-state index is -1.65. The third-order valence-corrected chi connectivity index (χ3v) is 4.47. The molecule has 0 aliphatic carbocycles. The van der Waals surface area contributed by atoms with Gasteiger partial charge in [-0.3, -0.25) is 9.59 Å². The normalized spacial score (nSPS) is 10.3. The van der Waals surface area contributed by atoms with Crippen molar-refractivity contribution in [3.05, 3.63) is 57.6 Å². The molecule has 2 aromatic carbocycles. The number of primary amides is 2. The van der Waals surface area contributed by atoms with Crippen molar-refractivity contribution in [2.24, 2.45) is 11.5 Å². The molecule has 2 rings (SSSR count). The van der Waals surface area contributed by atoms with Crippen LogP contribution in [0.1, 0.15) is 64.3 Å². The summed E-state index contributed by atoms with van der Waals surface area (Å²) in [5.74, 6) is -6.45. The first-order chi connectivity index (χ1) is 14.0. The Bertz CT molecular complexity index is 1050.